The third-order valence-corrected chi connectivity index (χ3v) is 2.09. The molecule has 0 spiro atoms. The highest BCUT2D eigenvalue weighted by Gasteiger charge is 2.11. The van der Waals surface area contributed by atoms with Crippen LogP contribution in [-0.4, -0.2) is 36.4 Å². The summed E-state index contributed by atoms with van der Waals surface area (Å²) in [5.41, 5.74) is 4.30. The van der Waals surface area contributed by atoms with Gasteiger partial charge in [0, 0.05) is 5.69 Å². The van der Waals surface area contributed by atoms with E-state index in [1.165, 1.54) is 6.07 Å². The molecule has 0 saturated heterocycles. The fraction of sp³-hybridized carbons (Fsp3) is 0.182. The number of aromatic carboxylic acids is 1. The number of primary amides is 1. The van der Waals surface area contributed by atoms with Crippen molar-refractivity contribution in [2.24, 2.45) is 5.73 Å². The Kier molecular flexibility index (Phi) is 5.27. The minimum absolute atomic E-state index is 0.0183. The number of urea groups is 1. The number of hydrogen-bond donors (Lipinski definition) is 4. The molecule has 20 heavy (non-hydrogen) atoms. The molecule has 0 heterocycles. The molecule has 1 rings (SSSR count). The van der Waals surface area contributed by atoms with Gasteiger partial charge in [-0.2, -0.15) is 0 Å². The van der Waals surface area contributed by atoms with Crippen molar-refractivity contribution < 1.29 is 28.6 Å². The Labute approximate surface area is 112 Å². The number of amides is 3. The first-order valence-corrected chi connectivity index (χ1v) is 5.40. The van der Waals surface area contributed by atoms with E-state index in [9.17, 15) is 18.8 Å². The summed E-state index contributed by atoms with van der Waals surface area (Å²) < 4.78 is 17.7. The number of rotatable bonds is 5. The van der Waals surface area contributed by atoms with E-state index in [4.69, 9.17) is 10.8 Å². The summed E-state index contributed by atoms with van der Waals surface area (Å²) >= 11 is 0. The predicted octanol–water partition coefficient (Wildman–Crippen LogP) is 0.741. The molecule has 0 saturated carbocycles. The molecule has 8 nitrogen and oxygen atoms in total. The van der Waals surface area contributed by atoms with Crippen LogP contribution in [0, 0.1) is 5.82 Å². The summed E-state index contributed by atoms with van der Waals surface area (Å²) in [6, 6.07) is 2.49. The summed E-state index contributed by atoms with van der Waals surface area (Å²) in [5, 5.41) is 13.2. The van der Waals surface area contributed by atoms with Gasteiger partial charge in [-0.05, 0) is 18.2 Å². The van der Waals surface area contributed by atoms with Crippen LogP contribution in [0.3, 0.4) is 0 Å². The Bertz CT molecular complexity index is 535. The molecule has 5 N–H and O–H groups in total. The maximum Gasteiger partial charge on any atom is 0.404 e. The minimum atomic E-state index is -1.40. The maximum atomic E-state index is 13.3. The largest absolute Gasteiger partial charge is 0.478 e. The van der Waals surface area contributed by atoms with Gasteiger partial charge in [-0.1, -0.05) is 0 Å². The minimum Gasteiger partial charge on any atom is -0.478 e. The van der Waals surface area contributed by atoms with Gasteiger partial charge < -0.3 is 26.2 Å². The number of nitrogens with one attached hydrogen (secondary N) is 2. The van der Waals surface area contributed by atoms with Crippen LogP contribution in [-0.2, 0) is 4.74 Å². The van der Waals surface area contributed by atoms with Gasteiger partial charge in [0.1, 0.15) is 12.4 Å². The van der Waals surface area contributed by atoms with E-state index in [1.807, 2.05) is 0 Å². The van der Waals surface area contributed by atoms with Gasteiger partial charge >= 0.3 is 18.1 Å². The molecule has 1 aromatic carbocycles. The molecule has 3 amide bonds. The Morgan fingerprint density at radius 3 is 2.60 bits per heavy atom. The number of nitrogens with two attached hydrogens (primary N) is 1. The molecule has 0 radical (unpaired) electrons. The number of anilines is 1. The average molecular weight is 285 g/mol. The van der Waals surface area contributed by atoms with Gasteiger partial charge in [0.15, 0.2) is 0 Å². The zero-order valence-electron chi connectivity index (χ0n) is 10.2. The van der Waals surface area contributed by atoms with Gasteiger partial charge in [-0.3, -0.25) is 0 Å². The van der Waals surface area contributed by atoms with Gasteiger partial charge in [-0.15, -0.1) is 0 Å². The van der Waals surface area contributed by atoms with E-state index in [0.717, 1.165) is 12.1 Å². The van der Waals surface area contributed by atoms with Crippen LogP contribution >= 0.6 is 0 Å². The normalized spacial score (nSPS) is 9.65. The Morgan fingerprint density at radius 1 is 1.35 bits per heavy atom. The third kappa shape index (κ3) is 4.80. The lowest BCUT2D eigenvalue weighted by molar-refractivity contribution is 0.0692. The van der Waals surface area contributed by atoms with Gasteiger partial charge in [-0.25, -0.2) is 18.8 Å². The van der Waals surface area contributed by atoms with Crippen LogP contribution in [0.25, 0.3) is 0 Å². The summed E-state index contributed by atoms with van der Waals surface area (Å²) in [6.45, 7) is -0.0838. The van der Waals surface area contributed by atoms with E-state index >= 15 is 0 Å². The van der Waals surface area contributed by atoms with E-state index in [2.05, 4.69) is 15.4 Å². The average Bonchev–Trinajstić information content (AvgIpc) is 2.34. The second kappa shape index (κ2) is 6.92. The molecule has 108 valence electrons. The van der Waals surface area contributed by atoms with Crippen molar-refractivity contribution in [1.29, 1.82) is 0 Å². The molecule has 0 atom stereocenters. The molecule has 0 unspecified atom stereocenters. The lowest BCUT2D eigenvalue weighted by atomic mass is 10.2. The molecule has 0 aliphatic carbocycles. The predicted molar refractivity (Wildman–Crippen MR) is 65.9 cm³/mol. The van der Waals surface area contributed by atoms with Crippen LogP contribution in [0.5, 0.6) is 0 Å². The van der Waals surface area contributed by atoms with E-state index < -0.39 is 29.5 Å². The monoisotopic (exact) mass is 285 g/mol. The molecular formula is C11H12FN3O5. The third-order valence-electron chi connectivity index (χ3n) is 2.09. The van der Waals surface area contributed by atoms with Crippen LogP contribution in [0.1, 0.15) is 10.4 Å². The number of ether oxygens (including phenoxy) is 1. The zero-order valence-corrected chi connectivity index (χ0v) is 10.2. The van der Waals surface area contributed by atoms with Gasteiger partial charge in [0.2, 0.25) is 0 Å². The standard InChI is InChI=1S/C11H12FN3O5/c12-8-5-6(1-2-7(8)9(16)17)15-11(19)14-3-4-20-10(13)18/h1-2,5H,3-4H2,(H2,13,18)(H,16,17)(H2,14,15,19). The van der Waals surface area contributed by atoms with E-state index in [-0.39, 0.29) is 18.8 Å². The fourth-order valence-corrected chi connectivity index (χ4v) is 1.26. The molecular weight excluding hydrogens is 273 g/mol. The summed E-state index contributed by atoms with van der Waals surface area (Å²) in [4.78, 5) is 32.2. The van der Waals surface area contributed by atoms with Crippen molar-refractivity contribution in [2.45, 2.75) is 0 Å². The summed E-state index contributed by atoms with van der Waals surface area (Å²) in [6.07, 6.45) is -0.960. The van der Waals surface area contributed by atoms with E-state index in [0.29, 0.717) is 0 Å². The zero-order chi connectivity index (χ0) is 15.1. The van der Waals surface area contributed by atoms with E-state index in [1.54, 1.807) is 0 Å². The van der Waals surface area contributed by atoms with Crippen molar-refractivity contribution >= 4 is 23.8 Å². The Hall–Kier alpha value is -2.84. The molecule has 0 aliphatic rings. The highest BCUT2D eigenvalue weighted by atomic mass is 19.1. The second-order valence-corrected chi connectivity index (χ2v) is 3.55. The van der Waals surface area contributed by atoms with Gasteiger partial charge in [0.25, 0.3) is 0 Å². The maximum absolute atomic E-state index is 13.3. The lowest BCUT2D eigenvalue weighted by Gasteiger charge is -2.08. The number of carbonyl (C=O) groups excluding carboxylic acids is 2. The second-order valence-electron chi connectivity index (χ2n) is 3.55. The first-order valence-electron chi connectivity index (χ1n) is 5.40. The smallest absolute Gasteiger partial charge is 0.404 e. The number of carboxylic acid groups (broad SMARTS) is 1. The quantitative estimate of drug-likeness (QED) is 0.593. The van der Waals surface area contributed by atoms with Crippen LogP contribution in [0.15, 0.2) is 18.2 Å². The van der Waals surface area contributed by atoms with Crippen LogP contribution in [0.2, 0.25) is 0 Å². The highest BCUT2D eigenvalue weighted by molar-refractivity contribution is 5.91. The molecule has 1 aromatic rings. The van der Waals surface area contributed by atoms with Crippen molar-refractivity contribution in [2.75, 3.05) is 18.5 Å². The Morgan fingerprint density at radius 2 is 2.05 bits per heavy atom. The van der Waals surface area contributed by atoms with Crippen molar-refractivity contribution in [3.8, 4) is 0 Å². The first-order chi connectivity index (χ1) is 9.40. The number of carboxylic acids is 1. The molecule has 0 fully saturated rings. The molecule has 0 aromatic heterocycles. The molecule has 0 aliphatic heterocycles. The van der Waals surface area contributed by atoms with Crippen molar-refractivity contribution in [1.82, 2.24) is 5.32 Å². The van der Waals surface area contributed by atoms with Crippen molar-refractivity contribution in [3.05, 3.63) is 29.6 Å². The van der Waals surface area contributed by atoms with Crippen LogP contribution < -0.4 is 16.4 Å². The number of hydrogen-bond acceptors (Lipinski definition) is 4. The number of carbonyl (C=O) groups is 3. The SMILES string of the molecule is NC(=O)OCCNC(=O)Nc1ccc(C(=O)O)c(F)c1. The molecule has 0 bridgehead atoms. The fourth-order valence-electron chi connectivity index (χ4n) is 1.26. The summed E-state index contributed by atoms with van der Waals surface area (Å²) in [5.74, 6) is -2.37. The molecule has 9 heteroatoms. The number of halogens is 1. The highest BCUT2D eigenvalue weighted by Crippen LogP contribution is 2.14. The Balaban J connectivity index is 2.48. The summed E-state index contributed by atoms with van der Waals surface area (Å²) in [7, 11) is 0. The van der Waals surface area contributed by atoms with Gasteiger partial charge in [0.05, 0.1) is 12.1 Å². The lowest BCUT2D eigenvalue weighted by Crippen LogP contribution is -2.32. The van der Waals surface area contributed by atoms with Crippen molar-refractivity contribution in [3.63, 3.8) is 0 Å². The topological polar surface area (TPSA) is 131 Å². The first kappa shape index (κ1) is 15.2. The number of benzene rings is 1. The van der Waals surface area contributed by atoms with Crippen LogP contribution in [0.4, 0.5) is 19.7 Å².